The van der Waals surface area contributed by atoms with E-state index in [2.05, 4.69) is 67.5 Å². The molecule has 20 atom stereocenters. The number of benzene rings is 6. The second kappa shape index (κ2) is 52.4. The third-order valence-electron chi connectivity index (χ3n) is 24.2. The number of amidine groups is 4. The van der Waals surface area contributed by atoms with E-state index in [0.717, 1.165) is 67.5 Å². The Bertz CT molecular complexity index is 4910. The van der Waals surface area contributed by atoms with Crippen LogP contribution in [0.2, 0.25) is 0 Å². The minimum atomic E-state index is -3.16. The zero-order valence-corrected chi connectivity index (χ0v) is 88.4. The number of hydrogen-bond acceptors (Lipinski definition) is 31. The van der Waals surface area contributed by atoms with Crippen molar-refractivity contribution in [2.75, 3.05) is 74.0 Å². The van der Waals surface area contributed by atoms with Crippen LogP contribution in [-0.2, 0) is 80.8 Å². The van der Waals surface area contributed by atoms with Gasteiger partial charge in [-0.2, -0.15) is 0 Å². The molecule has 0 aromatic heterocycles. The molecule has 0 bridgehead atoms. The van der Waals surface area contributed by atoms with Crippen LogP contribution >= 0.6 is 65.7 Å². The van der Waals surface area contributed by atoms with E-state index in [9.17, 15) is 34.5 Å². The molecule has 0 radical (unpaired) electrons. The zero-order chi connectivity index (χ0) is 101. The molecule has 14 rings (SSSR count). The Labute approximate surface area is 841 Å². The van der Waals surface area contributed by atoms with Gasteiger partial charge < -0.3 is 96.9 Å². The molecule has 5 fully saturated rings. The molecule has 5 saturated heterocycles. The van der Waals surface area contributed by atoms with Gasteiger partial charge in [-0.15, -0.1) is 0 Å². The summed E-state index contributed by atoms with van der Waals surface area (Å²) in [7, 11) is 6.52. The number of halogens is 1. The van der Waals surface area contributed by atoms with Crippen molar-refractivity contribution in [2.45, 2.75) is 268 Å². The van der Waals surface area contributed by atoms with Crippen LogP contribution in [-0.4, -0.2) is 272 Å². The van der Waals surface area contributed by atoms with Gasteiger partial charge in [-0.1, -0.05) is 104 Å². The monoisotopic (exact) mass is 2040 g/mol. The second-order valence-corrected chi connectivity index (χ2v) is 46.5. The van der Waals surface area contributed by atoms with E-state index in [0.29, 0.717) is 74.3 Å². The first kappa shape index (κ1) is 113. The quantitative estimate of drug-likeness (QED) is 0.0132. The average Bonchev–Trinajstić information content (AvgIpc) is 1.07. The molecule has 0 saturated carbocycles. The number of nitrogens with one attached hydrogen (secondary N) is 1. The number of aliphatic hydroxyl groups excluding tert-OH is 4. The summed E-state index contributed by atoms with van der Waals surface area (Å²) in [5.41, 5.74) is 0.0294. The standard InChI is InChI=1S/C25H36N2O6S.C24H36N2O6S.C23H32N2O6S.C20H20ClOP.C10H18N2O4S/c1-8-27(24(28)33-25(3,4)5)23-26-20-21(31-15-17-9-11-18(30-7)12-10-17)16(2)19(13-14-29-6)32-22(20)34-23;1-7-26(23(28)32-24(3,4)5)22-25-19-20(15(2)18(12-13-27)31-21(19)33-22)30-14-16-8-10-17(29-6)11-9-16;1-7-25(22(27)31-23(3,4)5)21-24-18-19(14(2)17(12-26)30-20(18)32-21)29-13-15-8-10-16(28-6)11-9-15;1-2-23(22-21,18-12-6-3-7-13-18,19-14-8-4-9-15-19)20-16-10-5-11-17-20;1-2-11-10-12-6-8(15)7(14)5(3-4-13)16-9(6)17-10/h9-14,16,19-22H,8,15H2,1-7H3;8-11,15,18-21,27H,7,12-14H2,1-6H3;8-12,14,17-20H,7,13H2,1-6H3;3-17H,2H2,1H3;5-9,13-15H,2-4H2,1H3,(H,11,12)/b14-13+;;;;/t16-,19-,20-,21+,22-;15-,18-,19-,20+,21-;14-,17-,18-,19+,20-;;5-,6-,7-,8-,9-/m111.1/s1. The number of ether oxygens (including phenoxy) is 14. The van der Waals surface area contributed by atoms with Gasteiger partial charge in [0, 0.05) is 57.1 Å². The Kier molecular flexibility index (Phi) is 42.5. The van der Waals surface area contributed by atoms with E-state index in [1.807, 2.05) is 230 Å². The number of nitrogens with zero attached hydrogens (tertiary/aromatic N) is 7. The minimum absolute atomic E-state index is 0.0196. The van der Waals surface area contributed by atoms with Crippen molar-refractivity contribution in [1.82, 2.24) is 20.0 Å². The maximum atomic E-state index is 12.8. The summed E-state index contributed by atoms with van der Waals surface area (Å²) in [5, 5.41) is 47.2. The molecule has 3 amide bonds. The molecule has 0 unspecified atom stereocenters. The topological polar surface area (TPSA) is 359 Å². The number of aldehydes is 1. The average molecular weight is 2040 g/mol. The van der Waals surface area contributed by atoms with Crippen molar-refractivity contribution in [1.29, 1.82) is 0 Å². The number of amides is 3. The van der Waals surface area contributed by atoms with Crippen molar-refractivity contribution in [3.63, 3.8) is 0 Å². The first-order chi connectivity index (χ1) is 66.4. The number of methoxy groups -OCH3 is 4. The van der Waals surface area contributed by atoms with Gasteiger partial charge in [0.2, 0.25) is 0 Å². The summed E-state index contributed by atoms with van der Waals surface area (Å²) in [6.07, 6.45) is 0.546. The Morgan fingerprint density at radius 2 is 0.820 bits per heavy atom. The van der Waals surface area contributed by atoms with Gasteiger partial charge in [-0.25, -0.2) is 14.4 Å². The molecule has 31 nitrogen and oxygen atoms in total. The first-order valence-corrected chi connectivity index (χ1v) is 53.4. The molecule has 8 heterocycles. The number of carbonyl (C=O) groups excluding carboxylic acids is 4. The summed E-state index contributed by atoms with van der Waals surface area (Å²) >= 11 is 11.9. The van der Waals surface area contributed by atoms with Gasteiger partial charge >= 0.3 is 161 Å². The summed E-state index contributed by atoms with van der Waals surface area (Å²) in [5.74, 6) is 2.23. The van der Waals surface area contributed by atoms with Crippen LogP contribution in [0.4, 0.5) is 14.4 Å². The number of aliphatic imine (C=N–C) groups is 4. The van der Waals surface area contributed by atoms with Gasteiger partial charge in [0.05, 0.1) is 97.2 Å². The molecule has 6 aromatic rings. The number of rotatable bonds is 28. The van der Waals surface area contributed by atoms with E-state index in [-0.39, 0.29) is 102 Å². The van der Waals surface area contributed by atoms with E-state index in [1.54, 1.807) is 44.5 Å². The van der Waals surface area contributed by atoms with Gasteiger partial charge in [-0.05, 0) is 162 Å². The summed E-state index contributed by atoms with van der Waals surface area (Å²) in [6.45, 7) is 32.4. The van der Waals surface area contributed by atoms with Crippen molar-refractivity contribution in [2.24, 2.45) is 37.7 Å². The van der Waals surface area contributed by atoms with Crippen LogP contribution in [0.5, 0.6) is 17.2 Å². The molecule has 6 aromatic carbocycles. The molecule has 8 aliphatic rings. The number of fused-ring (bicyclic) bond motifs is 4. The van der Waals surface area contributed by atoms with Crippen LogP contribution in [0.3, 0.4) is 0 Å². The second-order valence-electron chi connectivity index (χ2n) is 37.1. The van der Waals surface area contributed by atoms with Crippen LogP contribution in [0.1, 0.15) is 147 Å². The Balaban J connectivity index is 0.000000182. The number of aliphatic hydroxyl groups is 4. The van der Waals surface area contributed by atoms with Crippen molar-refractivity contribution in [3.05, 3.63) is 193 Å². The van der Waals surface area contributed by atoms with E-state index < -0.39 is 71.8 Å². The predicted octanol–water partition coefficient (Wildman–Crippen LogP) is 16.3. The Morgan fingerprint density at radius 1 is 0.475 bits per heavy atom. The van der Waals surface area contributed by atoms with E-state index in [1.165, 1.54) is 51.9 Å². The van der Waals surface area contributed by atoms with Crippen molar-refractivity contribution < 1.29 is 110 Å². The Hall–Kier alpha value is -8.14. The number of carbonyl (C=O) groups is 4. The van der Waals surface area contributed by atoms with Crippen LogP contribution in [0, 0.1) is 17.8 Å². The fourth-order valence-electron chi connectivity index (χ4n) is 16.9. The third-order valence-corrected chi connectivity index (χ3v) is 35.4. The molecule has 8 aliphatic heterocycles. The molecular weight excluding hydrogens is 1900 g/mol. The summed E-state index contributed by atoms with van der Waals surface area (Å²) in [4.78, 5) is 73.3. The molecule has 139 heavy (non-hydrogen) atoms. The molecular formula is C102H142ClN8O23PS4. The third kappa shape index (κ3) is 28.9. The van der Waals surface area contributed by atoms with Crippen molar-refractivity contribution >= 4 is 127 Å². The van der Waals surface area contributed by atoms with E-state index in [4.69, 9.17) is 102 Å². The van der Waals surface area contributed by atoms with Crippen LogP contribution < -0.4 is 35.4 Å². The SMILES string of the molecule is CCN(C(=O)OC(C)(C)C)C1=N[C@@H]2[C@@H](OCc3ccc(OC)cc3)[C@H](C)[C@@H](/C=C/OC)O[C@@H]2S1.CCN(C(=O)OC(C)(C)C)C1=N[C@@H]2[C@@H](OCc3ccc(OC)cc3)[C@H](C)[C@@H](C=O)O[C@@H]2S1.CCN(C(=O)OC(C)(C)C)C1=N[C@@H]2[C@@H](OCc3ccc(OC)cc3)[C@H](C)[C@@H](CCO)O[C@@H]2S1.CCN=C1N[C@@H]2[C@@H](O)[C@H](O)[C@@H](CCO)O[C@@H]2S1.CCP(OCl)(c1ccccc1)(c1ccccc1)c1ccccc1. The molecule has 0 aliphatic carbocycles. The van der Waals surface area contributed by atoms with Gasteiger partial charge in [0.15, 0.2) is 20.7 Å². The van der Waals surface area contributed by atoms with Crippen molar-refractivity contribution in [3.8, 4) is 17.2 Å². The summed E-state index contributed by atoms with van der Waals surface area (Å²) < 4.78 is 86.9. The fourth-order valence-corrected chi connectivity index (χ4v) is 27.6. The predicted molar refractivity (Wildman–Crippen MR) is 552 cm³/mol. The normalized spacial score (nSPS) is 26.7. The number of thioether (sulfide) groups is 4. The van der Waals surface area contributed by atoms with E-state index >= 15 is 0 Å². The van der Waals surface area contributed by atoms with Gasteiger partial charge in [-0.3, -0.25) is 34.7 Å². The zero-order valence-electron chi connectivity index (χ0n) is 83.5. The van der Waals surface area contributed by atoms with Gasteiger partial charge in [0.1, 0.15) is 98.5 Å². The van der Waals surface area contributed by atoms with Crippen LogP contribution in [0.25, 0.3) is 0 Å². The fraction of sp³-hybridized carbons (Fsp3) is 0.549. The maximum absolute atomic E-state index is 12.8. The molecule has 0 spiro atoms. The molecule has 764 valence electrons. The first-order valence-electron chi connectivity index (χ1n) is 47.2. The van der Waals surface area contributed by atoms with Crippen LogP contribution in [0.15, 0.2) is 196 Å². The Morgan fingerprint density at radius 3 is 1.14 bits per heavy atom. The molecule has 5 N–H and O–H groups in total. The number of hydrogen-bond donors (Lipinski definition) is 5. The molecule has 37 heteroatoms. The summed E-state index contributed by atoms with van der Waals surface area (Å²) in [6, 6.07) is 53.2. The van der Waals surface area contributed by atoms with Gasteiger partial charge in [0.25, 0.3) is 0 Å².